The van der Waals surface area contributed by atoms with Crippen molar-refractivity contribution < 1.29 is 4.79 Å². The highest BCUT2D eigenvalue weighted by Crippen LogP contribution is 2.14. The molecule has 0 fully saturated rings. The van der Waals surface area contributed by atoms with Crippen LogP contribution in [0.5, 0.6) is 0 Å². The quantitative estimate of drug-likeness (QED) is 0.548. The fourth-order valence-corrected chi connectivity index (χ4v) is 1.12. The van der Waals surface area contributed by atoms with Gasteiger partial charge in [0.05, 0.1) is 10.8 Å². The molecule has 1 aromatic rings. The van der Waals surface area contributed by atoms with Crippen LogP contribution in [0.3, 0.4) is 0 Å². The SMILES string of the molecule is CN(C)C(=O)c1cccc(N=C=S)c1. The van der Waals surface area contributed by atoms with Crippen LogP contribution in [0.25, 0.3) is 0 Å². The van der Waals surface area contributed by atoms with E-state index < -0.39 is 0 Å². The second-order valence-corrected chi connectivity index (χ2v) is 3.14. The number of amides is 1. The van der Waals surface area contributed by atoms with E-state index in [9.17, 15) is 4.79 Å². The molecule has 72 valence electrons. The van der Waals surface area contributed by atoms with Gasteiger partial charge in [0, 0.05) is 19.7 Å². The molecule has 0 atom stereocenters. The van der Waals surface area contributed by atoms with Gasteiger partial charge in [-0.1, -0.05) is 6.07 Å². The first-order valence-electron chi connectivity index (χ1n) is 4.04. The summed E-state index contributed by atoms with van der Waals surface area (Å²) in [6.07, 6.45) is 0. The summed E-state index contributed by atoms with van der Waals surface area (Å²) in [5, 5.41) is 2.26. The van der Waals surface area contributed by atoms with E-state index in [0.717, 1.165) is 0 Å². The van der Waals surface area contributed by atoms with Crippen molar-refractivity contribution in [1.82, 2.24) is 4.90 Å². The Balaban J connectivity index is 3.05. The van der Waals surface area contributed by atoms with Crippen molar-refractivity contribution in [3.8, 4) is 0 Å². The molecule has 0 bridgehead atoms. The fourth-order valence-electron chi connectivity index (χ4n) is 1.02. The largest absolute Gasteiger partial charge is 0.345 e. The number of carbonyl (C=O) groups excluding carboxylic acids is 1. The van der Waals surface area contributed by atoms with Gasteiger partial charge >= 0.3 is 0 Å². The van der Waals surface area contributed by atoms with Crippen LogP contribution < -0.4 is 0 Å². The van der Waals surface area contributed by atoms with E-state index in [1.807, 2.05) is 0 Å². The molecule has 1 aromatic carbocycles. The lowest BCUT2D eigenvalue weighted by Gasteiger charge is -2.09. The third kappa shape index (κ3) is 2.49. The van der Waals surface area contributed by atoms with Crippen molar-refractivity contribution in [3.63, 3.8) is 0 Å². The molecule has 0 unspecified atom stereocenters. The van der Waals surface area contributed by atoms with Gasteiger partial charge in [-0.15, -0.1) is 0 Å². The van der Waals surface area contributed by atoms with Crippen LogP contribution in [-0.4, -0.2) is 30.1 Å². The third-order valence-electron chi connectivity index (χ3n) is 1.67. The monoisotopic (exact) mass is 206 g/mol. The van der Waals surface area contributed by atoms with Crippen molar-refractivity contribution in [3.05, 3.63) is 29.8 Å². The van der Waals surface area contributed by atoms with E-state index in [0.29, 0.717) is 11.3 Å². The van der Waals surface area contributed by atoms with Crippen molar-refractivity contribution in [2.24, 2.45) is 4.99 Å². The van der Waals surface area contributed by atoms with E-state index >= 15 is 0 Å². The van der Waals surface area contributed by atoms with Gasteiger partial charge in [-0.3, -0.25) is 4.79 Å². The molecule has 0 N–H and O–H groups in total. The van der Waals surface area contributed by atoms with E-state index in [1.165, 1.54) is 4.90 Å². The minimum Gasteiger partial charge on any atom is -0.345 e. The molecule has 0 spiro atoms. The first-order valence-corrected chi connectivity index (χ1v) is 4.45. The number of isothiocyanates is 1. The number of benzene rings is 1. The summed E-state index contributed by atoms with van der Waals surface area (Å²) in [7, 11) is 3.41. The first-order chi connectivity index (χ1) is 6.65. The lowest BCUT2D eigenvalue weighted by Crippen LogP contribution is -2.21. The zero-order chi connectivity index (χ0) is 10.6. The summed E-state index contributed by atoms with van der Waals surface area (Å²) in [4.78, 5) is 16.9. The second-order valence-electron chi connectivity index (χ2n) is 2.95. The normalized spacial score (nSPS) is 9.00. The number of nitrogens with zero attached hydrogens (tertiary/aromatic N) is 2. The number of hydrogen-bond donors (Lipinski definition) is 0. The third-order valence-corrected chi connectivity index (χ3v) is 1.77. The predicted octanol–water partition coefficient (Wildman–Crippen LogP) is 2.12. The Morgan fingerprint density at radius 3 is 2.79 bits per heavy atom. The summed E-state index contributed by atoms with van der Waals surface area (Å²) in [5.41, 5.74) is 1.24. The summed E-state index contributed by atoms with van der Waals surface area (Å²) in [6, 6.07) is 6.96. The maximum atomic E-state index is 11.5. The van der Waals surface area contributed by atoms with Gasteiger partial charge in [-0.05, 0) is 30.4 Å². The van der Waals surface area contributed by atoms with Crippen LogP contribution in [-0.2, 0) is 0 Å². The highest BCUT2D eigenvalue weighted by molar-refractivity contribution is 7.78. The first kappa shape index (κ1) is 10.6. The second kappa shape index (κ2) is 4.65. The smallest absolute Gasteiger partial charge is 0.253 e. The molecule has 1 rings (SSSR count). The van der Waals surface area contributed by atoms with Gasteiger partial charge in [-0.25, -0.2) is 0 Å². The molecular weight excluding hydrogens is 196 g/mol. The van der Waals surface area contributed by atoms with Crippen LogP contribution in [0.1, 0.15) is 10.4 Å². The zero-order valence-corrected chi connectivity index (χ0v) is 8.84. The maximum Gasteiger partial charge on any atom is 0.253 e. The minimum atomic E-state index is -0.0496. The lowest BCUT2D eigenvalue weighted by molar-refractivity contribution is 0.0827. The molecular formula is C10H10N2OS. The summed E-state index contributed by atoms with van der Waals surface area (Å²) >= 11 is 4.48. The molecule has 4 heteroatoms. The van der Waals surface area contributed by atoms with Gasteiger partial charge in [0.15, 0.2) is 0 Å². The average molecular weight is 206 g/mol. The molecule has 14 heavy (non-hydrogen) atoms. The average Bonchev–Trinajstić information content (AvgIpc) is 2.17. The van der Waals surface area contributed by atoms with Gasteiger partial charge in [0.1, 0.15) is 0 Å². The van der Waals surface area contributed by atoms with Gasteiger partial charge < -0.3 is 4.90 Å². The molecule has 1 amide bonds. The van der Waals surface area contributed by atoms with Crippen LogP contribution in [0.15, 0.2) is 29.3 Å². The Labute approximate surface area is 88.1 Å². The predicted molar refractivity (Wildman–Crippen MR) is 59.1 cm³/mol. The van der Waals surface area contributed by atoms with Gasteiger partial charge in [-0.2, -0.15) is 4.99 Å². The van der Waals surface area contributed by atoms with Crippen molar-refractivity contribution >= 4 is 29.0 Å². The Bertz CT molecular complexity index is 395. The van der Waals surface area contributed by atoms with E-state index in [2.05, 4.69) is 22.4 Å². The maximum absolute atomic E-state index is 11.5. The van der Waals surface area contributed by atoms with Crippen LogP contribution in [0.2, 0.25) is 0 Å². The standard InChI is InChI=1S/C10H10N2OS/c1-12(2)10(13)8-4-3-5-9(6-8)11-7-14/h3-6H,1-2H3. The summed E-state index contributed by atoms with van der Waals surface area (Å²) in [5.74, 6) is -0.0496. The highest BCUT2D eigenvalue weighted by atomic mass is 32.1. The molecule has 3 nitrogen and oxygen atoms in total. The molecule has 0 aliphatic carbocycles. The van der Waals surface area contributed by atoms with E-state index in [-0.39, 0.29) is 5.91 Å². The van der Waals surface area contributed by atoms with Crippen LogP contribution in [0, 0.1) is 0 Å². The topological polar surface area (TPSA) is 32.7 Å². The van der Waals surface area contributed by atoms with Crippen LogP contribution in [0.4, 0.5) is 5.69 Å². The Morgan fingerprint density at radius 2 is 2.21 bits per heavy atom. The Hall–Kier alpha value is -1.51. The zero-order valence-electron chi connectivity index (χ0n) is 8.02. The number of aliphatic imine (C=N–C) groups is 1. The van der Waals surface area contributed by atoms with Gasteiger partial charge in [0.2, 0.25) is 0 Å². The molecule has 0 aliphatic rings. The van der Waals surface area contributed by atoms with Crippen molar-refractivity contribution in [1.29, 1.82) is 0 Å². The molecule has 0 radical (unpaired) electrons. The van der Waals surface area contributed by atoms with Crippen molar-refractivity contribution in [2.75, 3.05) is 14.1 Å². The van der Waals surface area contributed by atoms with Crippen LogP contribution >= 0.6 is 12.2 Å². The minimum absolute atomic E-state index is 0.0496. The number of rotatable bonds is 2. The summed E-state index contributed by atoms with van der Waals surface area (Å²) < 4.78 is 0. The number of carbonyl (C=O) groups is 1. The van der Waals surface area contributed by atoms with E-state index in [1.54, 1.807) is 38.4 Å². The summed E-state index contributed by atoms with van der Waals surface area (Å²) in [6.45, 7) is 0. The Kier molecular flexibility index (Phi) is 3.51. The molecule has 0 saturated carbocycles. The van der Waals surface area contributed by atoms with Crippen molar-refractivity contribution in [2.45, 2.75) is 0 Å². The number of thiocarbonyl (C=S) groups is 1. The van der Waals surface area contributed by atoms with Gasteiger partial charge in [0.25, 0.3) is 5.91 Å². The lowest BCUT2D eigenvalue weighted by atomic mass is 10.2. The van der Waals surface area contributed by atoms with E-state index in [4.69, 9.17) is 0 Å². The highest BCUT2D eigenvalue weighted by Gasteiger charge is 2.07. The number of hydrogen-bond acceptors (Lipinski definition) is 3. The molecule has 0 aromatic heterocycles. The fraction of sp³-hybridized carbons (Fsp3) is 0.200. The molecule has 0 aliphatic heterocycles. The Morgan fingerprint density at radius 1 is 1.50 bits per heavy atom. The molecule has 0 heterocycles. The molecule has 0 saturated heterocycles.